The molecule has 72 valence electrons. The number of para-hydroxylation sites is 1. The molecule has 5 nitrogen and oxygen atoms in total. The van der Waals surface area contributed by atoms with Crippen molar-refractivity contribution in [3.8, 4) is 0 Å². The summed E-state index contributed by atoms with van der Waals surface area (Å²) < 4.78 is 0. The van der Waals surface area contributed by atoms with Crippen LogP contribution < -0.4 is 5.06 Å². The van der Waals surface area contributed by atoms with Gasteiger partial charge in [-0.3, -0.25) is 9.63 Å². The Morgan fingerprint density at radius 3 is 2.86 bits per heavy atom. The number of benzene rings is 1. The molecule has 0 atom stereocenters. The number of carboxylic acid groups (broad SMARTS) is 1. The van der Waals surface area contributed by atoms with Gasteiger partial charge >= 0.3 is 6.16 Å². The fraction of sp³-hybridized carbons (Fsp3) is 0.111. The fourth-order valence-corrected chi connectivity index (χ4v) is 1.41. The third kappa shape index (κ3) is 1.28. The van der Waals surface area contributed by atoms with Crippen molar-refractivity contribution in [1.29, 1.82) is 0 Å². The highest BCUT2D eigenvalue weighted by molar-refractivity contribution is 6.00. The number of nitrogens with zero attached hydrogens (tertiary/aromatic N) is 1. The van der Waals surface area contributed by atoms with Crippen LogP contribution in [0.25, 0.3) is 0 Å². The summed E-state index contributed by atoms with van der Waals surface area (Å²) in [6.07, 6.45) is -1.31. The van der Waals surface area contributed by atoms with Crippen LogP contribution in [0.15, 0.2) is 24.3 Å². The molecule has 0 spiro atoms. The van der Waals surface area contributed by atoms with Gasteiger partial charge in [-0.05, 0) is 11.6 Å². The van der Waals surface area contributed by atoms with Gasteiger partial charge in [-0.2, -0.15) is 0 Å². The number of fused-ring (bicyclic) bond motifs is 1. The lowest BCUT2D eigenvalue weighted by Gasteiger charge is -2.12. The lowest BCUT2D eigenvalue weighted by molar-refractivity contribution is -0.122. The van der Waals surface area contributed by atoms with Gasteiger partial charge in [0.15, 0.2) is 0 Å². The van der Waals surface area contributed by atoms with Crippen LogP contribution in [0.5, 0.6) is 0 Å². The van der Waals surface area contributed by atoms with Gasteiger partial charge in [-0.25, -0.2) is 4.79 Å². The zero-order chi connectivity index (χ0) is 10.1. The molecule has 1 heterocycles. The van der Waals surface area contributed by atoms with E-state index in [1.165, 1.54) is 0 Å². The zero-order valence-electron chi connectivity index (χ0n) is 7.14. The van der Waals surface area contributed by atoms with Gasteiger partial charge in [0.2, 0.25) is 0 Å². The molecular weight excluding hydrogens is 186 g/mol. The normalized spacial score (nSPS) is 14.0. The molecule has 0 aromatic heterocycles. The summed E-state index contributed by atoms with van der Waals surface area (Å²) in [6.45, 7) is 0. The van der Waals surface area contributed by atoms with Crippen LogP contribution in [-0.2, 0) is 16.1 Å². The van der Waals surface area contributed by atoms with Crippen molar-refractivity contribution in [1.82, 2.24) is 0 Å². The molecule has 2 rings (SSSR count). The Balaban J connectivity index is 2.34. The standard InChI is InChI=1S/C9H7NO4/c11-8-5-6-3-1-2-4-7(6)10(8)14-9(12)13/h1-4H,5H2,(H,12,13). The highest BCUT2D eigenvalue weighted by atomic mass is 16.8. The maximum absolute atomic E-state index is 11.3. The Labute approximate surface area is 79.5 Å². The van der Waals surface area contributed by atoms with Crippen LogP contribution in [0.2, 0.25) is 0 Å². The number of hydrogen-bond acceptors (Lipinski definition) is 3. The highest BCUT2D eigenvalue weighted by Gasteiger charge is 2.30. The largest absolute Gasteiger partial charge is 0.531 e. The second-order valence-electron chi connectivity index (χ2n) is 2.85. The monoisotopic (exact) mass is 193 g/mol. The van der Waals surface area contributed by atoms with Crippen molar-refractivity contribution >= 4 is 17.7 Å². The lowest BCUT2D eigenvalue weighted by Crippen LogP contribution is -2.29. The summed E-state index contributed by atoms with van der Waals surface area (Å²) in [6, 6.07) is 6.91. The third-order valence-corrected chi connectivity index (χ3v) is 1.95. The molecule has 1 N–H and O–H groups in total. The molecule has 5 heteroatoms. The summed E-state index contributed by atoms with van der Waals surface area (Å²) in [5.74, 6) is -0.367. The molecule has 0 bridgehead atoms. The van der Waals surface area contributed by atoms with Crippen LogP contribution in [0.4, 0.5) is 10.5 Å². The number of anilines is 1. The second-order valence-corrected chi connectivity index (χ2v) is 2.85. The molecular formula is C9H7NO4. The van der Waals surface area contributed by atoms with Crippen LogP contribution in [0, 0.1) is 0 Å². The predicted octanol–water partition coefficient (Wildman–Crippen LogP) is 1.19. The van der Waals surface area contributed by atoms with Crippen LogP contribution in [0.3, 0.4) is 0 Å². The molecule has 14 heavy (non-hydrogen) atoms. The molecule has 1 aromatic carbocycles. The van der Waals surface area contributed by atoms with E-state index in [-0.39, 0.29) is 12.3 Å². The average molecular weight is 193 g/mol. The number of carbonyl (C=O) groups excluding carboxylic acids is 1. The van der Waals surface area contributed by atoms with Crippen molar-refractivity contribution < 1.29 is 19.5 Å². The molecule has 0 fully saturated rings. The third-order valence-electron chi connectivity index (χ3n) is 1.95. The molecule has 0 saturated carbocycles. The topological polar surface area (TPSA) is 66.8 Å². The first-order valence-electron chi connectivity index (χ1n) is 4.00. The number of hydroxylamine groups is 1. The molecule has 0 unspecified atom stereocenters. The zero-order valence-corrected chi connectivity index (χ0v) is 7.14. The van der Waals surface area contributed by atoms with Crippen LogP contribution in [0.1, 0.15) is 5.56 Å². The predicted molar refractivity (Wildman–Crippen MR) is 46.7 cm³/mol. The van der Waals surface area contributed by atoms with E-state index < -0.39 is 6.16 Å². The van der Waals surface area contributed by atoms with E-state index in [9.17, 15) is 9.59 Å². The van der Waals surface area contributed by atoms with Gasteiger partial charge in [0.05, 0.1) is 12.1 Å². The van der Waals surface area contributed by atoms with Gasteiger partial charge in [-0.1, -0.05) is 18.2 Å². The summed E-state index contributed by atoms with van der Waals surface area (Å²) in [5, 5.41) is 9.20. The Morgan fingerprint density at radius 2 is 2.14 bits per heavy atom. The fourth-order valence-electron chi connectivity index (χ4n) is 1.41. The molecule has 0 saturated heterocycles. The van der Waals surface area contributed by atoms with E-state index in [0.29, 0.717) is 5.69 Å². The van der Waals surface area contributed by atoms with E-state index in [1.807, 2.05) is 0 Å². The second kappa shape index (κ2) is 3.02. The number of hydrogen-bond donors (Lipinski definition) is 1. The first kappa shape index (κ1) is 8.55. The highest BCUT2D eigenvalue weighted by Crippen LogP contribution is 2.28. The van der Waals surface area contributed by atoms with Gasteiger partial charge in [0, 0.05) is 0 Å². The minimum absolute atomic E-state index is 0.184. The summed E-state index contributed by atoms with van der Waals surface area (Å²) in [7, 11) is 0. The van der Waals surface area contributed by atoms with Crippen molar-refractivity contribution in [3.05, 3.63) is 29.8 Å². The maximum Gasteiger partial charge on any atom is 0.531 e. The number of carbonyl (C=O) groups is 2. The Hall–Kier alpha value is -2.04. The van der Waals surface area contributed by atoms with E-state index in [2.05, 4.69) is 4.84 Å². The summed E-state index contributed by atoms with van der Waals surface area (Å²) >= 11 is 0. The van der Waals surface area contributed by atoms with E-state index in [0.717, 1.165) is 10.6 Å². The van der Waals surface area contributed by atoms with Crippen molar-refractivity contribution in [2.45, 2.75) is 6.42 Å². The van der Waals surface area contributed by atoms with Crippen LogP contribution in [-0.4, -0.2) is 17.2 Å². The van der Waals surface area contributed by atoms with Crippen molar-refractivity contribution in [3.63, 3.8) is 0 Å². The van der Waals surface area contributed by atoms with Crippen molar-refractivity contribution in [2.75, 3.05) is 5.06 Å². The first-order valence-corrected chi connectivity index (χ1v) is 4.00. The Morgan fingerprint density at radius 1 is 1.43 bits per heavy atom. The Bertz CT molecular complexity index is 402. The summed E-state index contributed by atoms with van der Waals surface area (Å²) in [5.41, 5.74) is 1.28. The quantitative estimate of drug-likeness (QED) is 0.727. The molecule has 1 aromatic rings. The van der Waals surface area contributed by atoms with E-state index in [4.69, 9.17) is 5.11 Å². The summed E-state index contributed by atoms with van der Waals surface area (Å²) in [4.78, 5) is 25.9. The van der Waals surface area contributed by atoms with Crippen molar-refractivity contribution in [2.24, 2.45) is 0 Å². The Kier molecular flexibility index (Phi) is 1.85. The smallest absolute Gasteiger partial charge is 0.448 e. The number of amides is 1. The van der Waals surface area contributed by atoms with E-state index >= 15 is 0 Å². The van der Waals surface area contributed by atoms with Gasteiger partial charge in [-0.15, -0.1) is 5.06 Å². The minimum atomic E-state index is -1.49. The maximum atomic E-state index is 11.3. The first-order chi connectivity index (χ1) is 6.68. The van der Waals surface area contributed by atoms with Gasteiger partial charge in [0.1, 0.15) is 0 Å². The molecule has 0 aliphatic carbocycles. The molecule has 1 aliphatic heterocycles. The molecule has 1 amide bonds. The molecule has 0 radical (unpaired) electrons. The minimum Gasteiger partial charge on any atom is -0.448 e. The SMILES string of the molecule is O=C(O)ON1C(=O)Cc2ccccc21. The van der Waals surface area contributed by atoms with Crippen LogP contribution >= 0.6 is 0 Å². The van der Waals surface area contributed by atoms with Gasteiger partial charge < -0.3 is 5.11 Å². The lowest BCUT2D eigenvalue weighted by atomic mass is 10.2. The van der Waals surface area contributed by atoms with E-state index in [1.54, 1.807) is 24.3 Å². The average Bonchev–Trinajstić information content (AvgIpc) is 2.43. The van der Waals surface area contributed by atoms with Gasteiger partial charge in [0.25, 0.3) is 5.91 Å². The molecule has 1 aliphatic rings. The number of rotatable bonds is 1.